The second-order valence-corrected chi connectivity index (χ2v) is 11.8. The summed E-state index contributed by atoms with van der Waals surface area (Å²) in [5.74, 6) is -0.899. The first-order valence-electron chi connectivity index (χ1n) is 11.5. The number of aryl methyl sites for hydroxylation is 1. The van der Waals surface area contributed by atoms with E-state index < -0.39 is 21.5 Å². The Morgan fingerprint density at radius 3 is 2.41 bits per heavy atom. The molecule has 3 rings (SSSR count). The van der Waals surface area contributed by atoms with Crippen molar-refractivity contribution in [2.75, 3.05) is 23.7 Å². The van der Waals surface area contributed by atoms with Crippen LogP contribution in [-0.2, 0) is 19.6 Å². The molecule has 1 unspecified atom stereocenters. The Bertz CT molecular complexity index is 960. The van der Waals surface area contributed by atoms with E-state index >= 15 is 0 Å². The molecule has 178 valence electrons. The minimum Gasteiger partial charge on any atom is -0.351 e. The Kier molecular flexibility index (Phi) is 7.89. The van der Waals surface area contributed by atoms with Gasteiger partial charge in [0.25, 0.3) is 0 Å². The van der Waals surface area contributed by atoms with Gasteiger partial charge < -0.3 is 5.32 Å². The molecule has 0 bridgehead atoms. The lowest BCUT2D eigenvalue weighted by atomic mass is 9.92. The Morgan fingerprint density at radius 1 is 1.19 bits per heavy atom. The SMILES string of the molecule is CCS(=O)(=O)N1CC(=O)N(c2ccc(C)c(Cl)c2)C(C)(C(=O)NC2CCCCCCC2)C1. The van der Waals surface area contributed by atoms with E-state index in [0.717, 1.165) is 48.4 Å². The summed E-state index contributed by atoms with van der Waals surface area (Å²) in [4.78, 5) is 28.4. The first-order chi connectivity index (χ1) is 15.1. The van der Waals surface area contributed by atoms with Crippen LogP contribution >= 0.6 is 11.6 Å². The van der Waals surface area contributed by atoms with Crippen LogP contribution in [0.15, 0.2) is 18.2 Å². The van der Waals surface area contributed by atoms with Crippen LogP contribution in [0.25, 0.3) is 0 Å². The molecule has 0 radical (unpaired) electrons. The monoisotopic (exact) mass is 483 g/mol. The minimum absolute atomic E-state index is 0.0244. The number of amides is 2. The first kappa shape index (κ1) is 25.0. The van der Waals surface area contributed by atoms with Crippen LogP contribution in [0.3, 0.4) is 0 Å². The summed E-state index contributed by atoms with van der Waals surface area (Å²) in [6, 6.07) is 5.24. The molecule has 0 aromatic heterocycles. The van der Waals surface area contributed by atoms with Crippen LogP contribution in [0.1, 0.15) is 64.4 Å². The van der Waals surface area contributed by atoms with E-state index in [1.807, 2.05) is 6.92 Å². The number of hydrogen-bond acceptors (Lipinski definition) is 4. The largest absolute Gasteiger partial charge is 0.351 e. The molecule has 1 aliphatic heterocycles. The van der Waals surface area contributed by atoms with Crippen molar-refractivity contribution in [3.63, 3.8) is 0 Å². The van der Waals surface area contributed by atoms with Gasteiger partial charge in [-0.2, -0.15) is 4.31 Å². The molecule has 1 aliphatic carbocycles. The lowest BCUT2D eigenvalue weighted by Crippen LogP contribution is -2.71. The number of halogens is 1. The highest BCUT2D eigenvalue weighted by atomic mass is 35.5. The van der Waals surface area contributed by atoms with Crippen molar-refractivity contribution in [3.05, 3.63) is 28.8 Å². The van der Waals surface area contributed by atoms with E-state index in [1.54, 1.807) is 25.1 Å². The number of rotatable bonds is 5. The van der Waals surface area contributed by atoms with Gasteiger partial charge in [0.2, 0.25) is 21.8 Å². The molecule has 32 heavy (non-hydrogen) atoms. The third-order valence-electron chi connectivity index (χ3n) is 6.64. The van der Waals surface area contributed by atoms with Crippen molar-refractivity contribution in [1.29, 1.82) is 0 Å². The summed E-state index contributed by atoms with van der Waals surface area (Å²) >= 11 is 6.32. The van der Waals surface area contributed by atoms with Crippen molar-refractivity contribution < 1.29 is 18.0 Å². The Hall–Kier alpha value is -1.64. The summed E-state index contributed by atoms with van der Waals surface area (Å²) in [7, 11) is -3.64. The Balaban J connectivity index is 1.97. The topological polar surface area (TPSA) is 86.8 Å². The molecule has 1 aromatic carbocycles. The number of piperazine rings is 1. The second-order valence-electron chi connectivity index (χ2n) is 9.12. The normalized spacial score (nSPS) is 24.1. The fourth-order valence-corrected chi connectivity index (χ4v) is 5.91. The number of nitrogens with zero attached hydrogens (tertiary/aromatic N) is 2. The van der Waals surface area contributed by atoms with Gasteiger partial charge in [0.05, 0.1) is 12.3 Å². The van der Waals surface area contributed by atoms with E-state index in [9.17, 15) is 18.0 Å². The molecular weight excluding hydrogens is 450 g/mol. The molecule has 1 saturated heterocycles. The summed E-state index contributed by atoms with van der Waals surface area (Å²) in [5, 5.41) is 3.63. The number of carbonyl (C=O) groups excluding carboxylic acids is 2. The summed E-state index contributed by atoms with van der Waals surface area (Å²) < 4.78 is 26.4. The first-order valence-corrected chi connectivity index (χ1v) is 13.4. The van der Waals surface area contributed by atoms with Crippen molar-refractivity contribution in [2.24, 2.45) is 0 Å². The van der Waals surface area contributed by atoms with Crippen LogP contribution in [0.2, 0.25) is 5.02 Å². The van der Waals surface area contributed by atoms with Gasteiger partial charge in [0.1, 0.15) is 5.54 Å². The second kappa shape index (κ2) is 10.1. The number of hydrogen-bond donors (Lipinski definition) is 1. The van der Waals surface area contributed by atoms with E-state index in [1.165, 1.54) is 18.2 Å². The zero-order valence-corrected chi connectivity index (χ0v) is 20.8. The molecule has 2 aliphatic rings. The quantitative estimate of drug-likeness (QED) is 0.692. The summed E-state index contributed by atoms with van der Waals surface area (Å²) in [6.07, 6.45) is 7.41. The molecule has 9 heteroatoms. The maximum Gasteiger partial charge on any atom is 0.247 e. The van der Waals surface area contributed by atoms with E-state index in [0.29, 0.717) is 10.7 Å². The molecule has 1 N–H and O–H groups in total. The highest BCUT2D eigenvalue weighted by Gasteiger charge is 2.51. The highest BCUT2D eigenvalue weighted by molar-refractivity contribution is 7.89. The smallest absolute Gasteiger partial charge is 0.247 e. The Labute approximate surface area is 196 Å². The molecule has 1 aromatic rings. The fourth-order valence-electron chi connectivity index (χ4n) is 4.61. The third kappa shape index (κ3) is 5.29. The lowest BCUT2D eigenvalue weighted by molar-refractivity contribution is -0.133. The number of benzene rings is 1. The number of anilines is 1. The van der Waals surface area contributed by atoms with Crippen LogP contribution in [0, 0.1) is 6.92 Å². The van der Waals surface area contributed by atoms with E-state index in [4.69, 9.17) is 11.6 Å². The molecule has 0 spiro atoms. The van der Waals surface area contributed by atoms with E-state index in [-0.39, 0.29) is 30.8 Å². The minimum atomic E-state index is -3.64. The average Bonchev–Trinajstić information content (AvgIpc) is 2.71. The number of sulfonamides is 1. The van der Waals surface area contributed by atoms with E-state index in [2.05, 4.69) is 5.32 Å². The van der Waals surface area contributed by atoms with Gasteiger partial charge in [0, 0.05) is 23.3 Å². The van der Waals surface area contributed by atoms with Gasteiger partial charge in [-0.05, 0) is 51.3 Å². The molecule has 2 amide bonds. The Morgan fingerprint density at radius 2 is 1.81 bits per heavy atom. The van der Waals surface area contributed by atoms with Crippen LogP contribution < -0.4 is 10.2 Å². The lowest BCUT2D eigenvalue weighted by Gasteiger charge is -2.47. The standard InChI is InChI=1S/C23H34ClN3O4S/c1-4-32(30,31)26-15-21(28)27(19-13-12-17(2)20(24)14-19)23(3,16-26)22(29)25-18-10-8-6-5-7-9-11-18/h12-14,18H,4-11,15-16H2,1-3H3,(H,25,29). The highest BCUT2D eigenvalue weighted by Crippen LogP contribution is 2.33. The molecule has 7 nitrogen and oxygen atoms in total. The maximum absolute atomic E-state index is 13.7. The predicted octanol–water partition coefficient (Wildman–Crippen LogP) is 3.63. The fraction of sp³-hybridized carbons (Fsp3) is 0.652. The van der Waals surface area contributed by atoms with Gasteiger partial charge in [-0.25, -0.2) is 8.42 Å². The van der Waals surface area contributed by atoms with Crippen molar-refractivity contribution >= 4 is 39.1 Å². The van der Waals surface area contributed by atoms with Gasteiger partial charge in [-0.15, -0.1) is 0 Å². The van der Waals surface area contributed by atoms with Crippen molar-refractivity contribution in [3.8, 4) is 0 Å². The predicted molar refractivity (Wildman–Crippen MR) is 127 cm³/mol. The van der Waals surface area contributed by atoms with Crippen LogP contribution in [0.4, 0.5) is 5.69 Å². The summed E-state index contributed by atoms with van der Waals surface area (Å²) in [6.45, 7) is 4.65. The van der Waals surface area contributed by atoms with Crippen molar-refractivity contribution in [1.82, 2.24) is 9.62 Å². The van der Waals surface area contributed by atoms with Crippen LogP contribution in [-0.4, -0.2) is 55.0 Å². The van der Waals surface area contributed by atoms with Crippen molar-refractivity contribution in [2.45, 2.75) is 77.3 Å². The molecule has 1 saturated carbocycles. The maximum atomic E-state index is 13.7. The summed E-state index contributed by atoms with van der Waals surface area (Å²) in [5.41, 5.74) is -0.0383. The van der Waals surface area contributed by atoms with Gasteiger partial charge >= 0.3 is 0 Å². The molecule has 2 fully saturated rings. The zero-order chi connectivity index (χ0) is 23.5. The number of carbonyl (C=O) groups is 2. The third-order valence-corrected chi connectivity index (χ3v) is 8.82. The van der Waals surface area contributed by atoms with Gasteiger partial charge in [0.15, 0.2) is 0 Å². The van der Waals surface area contributed by atoms with Gasteiger partial charge in [-0.1, -0.05) is 49.8 Å². The molecule has 1 heterocycles. The molecule has 1 atom stereocenters. The average molecular weight is 484 g/mol. The van der Waals surface area contributed by atoms with Crippen LogP contribution in [0.5, 0.6) is 0 Å². The number of nitrogens with one attached hydrogen (secondary N) is 1. The zero-order valence-electron chi connectivity index (χ0n) is 19.2. The molecular formula is C23H34ClN3O4S. The van der Waals surface area contributed by atoms with Gasteiger partial charge in [-0.3, -0.25) is 14.5 Å².